The molecular weight excluding hydrogens is 787 g/mol. The first-order valence-electron chi connectivity index (χ1n) is 23.1. The Kier molecular flexibility index (Phi) is 7.80. The van der Waals surface area contributed by atoms with Crippen LogP contribution in [0, 0.1) is 0 Å². The lowest BCUT2D eigenvalue weighted by atomic mass is 9.80. The van der Waals surface area contributed by atoms with Gasteiger partial charge in [0, 0.05) is 44.1 Å². The Bertz CT molecular complexity index is 3640. The highest BCUT2D eigenvalue weighted by atomic mass is 16.3. The molecule has 1 aromatic heterocycles. The average molecular weight is 836 g/mol. The third-order valence-corrected chi connectivity index (χ3v) is 15.5. The molecule has 10 aromatic rings. The lowest BCUT2D eigenvalue weighted by Gasteiger charge is -2.29. The van der Waals surface area contributed by atoms with Crippen molar-refractivity contribution < 1.29 is 4.42 Å². The molecule has 0 fully saturated rings. The van der Waals surface area contributed by atoms with Crippen molar-refractivity contribution in [3.63, 3.8) is 0 Å². The van der Waals surface area contributed by atoms with E-state index in [-0.39, 0.29) is 16.2 Å². The van der Waals surface area contributed by atoms with Crippen LogP contribution in [0.25, 0.3) is 77.6 Å². The molecule has 0 atom stereocenters. The summed E-state index contributed by atoms with van der Waals surface area (Å²) in [6.45, 7) is 14.2. The van der Waals surface area contributed by atoms with Crippen LogP contribution in [0.1, 0.15) is 74.9 Å². The summed E-state index contributed by atoms with van der Waals surface area (Å²) < 4.78 is 6.73. The minimum Gasteiger partial charge on any atom is -0.456 e. The molecule has 0 N–H and O–H groups in total. The Balaban J connectivity index is 1.04. The highest BCUT2D eigenvalue weighted by Crippen LogP contribution is 2.55. The first-order valence-corrected chi connectivity index (χ1v) is 23.1. The molecule has 13 rings (SSSR count). The molecule has 0 amide bonds. The topological polar surface area (TPSA) is 16.4 Å². The molecule has 0 saturated heterocycles. The van der Waals surface area contributed by atoms with Crippen LogP contribution in [-0.4, -0.2) is 0 Å². The lowest BCUT2D eigenvalue weighted by Crippen LogP contribution is -2.16. The van der Waals surface area contributed by atoms with Gasteiger partial charge in [-0.25, -0.2) is 0 Å². The van der Waals surface area contributed by atoms with E-state index in [4.69, 9.17) is 4.42 Å². The van der Waals surface area contributed by atoms with E-state index < -0.39 is 0 Å². The van der Waals surface area contributed by atoms with Gasteiger partial charge in [0.15, 0.2) is 0 Å². The van der Waals surface area contributed by atoms with Crippen LogP contribution in [0.3, 0.4) is 0 Å². The van der Waals surface area contributed by atoms with Crippen LogP contribution in [-0.2, 0) is 16.2 Å². The predicted molar refractivity (Wildman–Crippen MR) is 272 cm³/mol. The van der Waals surface area contributed by atoms with Crippen LogP contribution in [0.5, 0.6) is 0 Å². The summed E-state index contributed by atoms with van der Waals surface area (Å²) in [6, 6.07) is 70.2. The molecule has 65 heavy (non-hydrogen) atoms. The quantitative estimate of drug-likeness (QED) is 0.172. The zero-order valence-electron chi connectivity index (χ0n) is 37.8. The van der Waals surface area contributed by atoms with Crippen molar-refractivity contribution in [1.82, 2.24) is 0 Å². The fraction of sp³-hybridized carbons (Fsp3) is 0.143. The van der Waals surface area contributed by atoms with Crippen molar-refractivity contribution in [1.29, 1.82) is 0 Å². The molecule has 0 aliphatic heterocycles. The number of hydrogen-bond acceptors (Lipinski definition) is 2. The highest BCUT2D eigenvalue weighted by Gasteiger charge is 2.39. The van der Waals surface area contributed by atoms with Gasteiger partial charge in [0.1, 0.15) is 11.2 Å². The SMILES string of the molecule is CC1(C)c2ccccc2-c2ccc(-c3ccc(N(c4ccc5c(c4)C(C)(C)c4ccccc4-5)c4ccc5oc6ccc7c(c6c5c4)C(C)(C)c4ccccc4-7)cc3-c3ccccc3)cc21. The van der Waals surface area contributed by atoms with E-state index in [0.717, 1.165) is 33.6 Å². The maximum atomic E-state index is 6.73. The number of furan rings is 1. The number of hydrogen-bond donors (Lipinski definition) is 0. The molecule has 2 heteroatoms. The predicted octanol–water partition coefficient (Wildman–Crippen LogP) is 17.3. The molecule has 312 valence electrons. The minimum atomic E-state index is -0.186. The summed E-state index contributed by atoms with van der Waals surface area (Å²) in [5.74, 6) is 0. The van der Waals surface area contributed by atoms with Crippen LogP contribution in [0.4, 0.5) is 17.1 Å². The van der Waals surface area contributed by atoms with Crippen LogP contribution in [0.2, 0.25) is 0 Å². The second-order valence-corrected chi connectivity index (χ2v) is 20.1. The average Bonchev–Trinajstić information content (AvgIpc) is 3.97. The molecule has 3 aliphatic rings. The van der Waals surface area contributed by atoms with Crippen molar-refractivity contribution in [2.24, 2.45) is 0 Å². The van der Waals surface area contributed by atoms with Gasteiger partial charge in [0.25, 0.3) is 0 Å². The van der Waals surface area contributed by atoms with Crippen LogP contribution in [0.15, 0.2) is 192 Å². The third kappa shape index (κ3) is 5.29. The molecule has 0 saturated carbocycles. The third-order valence-electron chi connectivity index (χ3n) is 15.5. The van der Waals surface area contributed by atoms with Crippen molar-refractivity contribution in [2.75, 3.05) is 4.90 Å². The Labute approximate surface area is 381 Å². The van der Waals surface area contributed by atoms with Crippen molar-refractivity contribution in [2.45, 2.75) is 57.8 Å². The van der Waals surface area contributed by atoms with Gasteiger partial charge in [-0.15, -0.1) is 0 Å². The van der Waals surface area contributed by atoms with Gasteiger partial charge in [-0.1, -0.05) is 175 Å². The van der Waals surface area contributed by atoms with Crippen molar-refractivity contribution in [3.8, 4) is 55.6 Å². The number of rotatable bonds is 5. The van der Waals surface area contributed by atoms with Crippen molar-refractivity contribution >= 4 is 39.0 Å². The summed E-state index contributed by atoms with van der Waals surface area (Å²) >= 11 is 0. The Hall–Kier alpha value is -7.42. The smallest absolute Gasteiger partial charge is 0.135 e. The molecule has 0 radical (unpaired) electrons. The maximum Gasteiger partial charge on any atom is 0.135 e. The molecule has 3 aliphatic carbocycles. The molecule has 0 bridgehead atoms. The van der Waals surface area contributed by atoms with E-state index in [0.29, 0.717) is 0 Å². The second-order valence-electron chi connectivity index (χ2n) is 20.1. The summed E-state index contributed by atoms with van der Waals surface area (Å²) in [5.41, 5.74) is 25.6. The summed E-state index contributed by atoms with van der Waals surface area (Å²) in [5, 5.41) is 2.34. The lowest BCUT2D eigenvalue weighted by molar-refractivity contribution is 0.657. The molecule has 0 unspecified atom stereocenters. The number of nitrogens with zero attached hydrogens (tertiary/aromatic N) is 1. The van der Waals surface area contributed by atoms with Gasteiger partial charge in [0.05, 0.1) is 0 Å². The monoisotopic (exact) mass is 835 g/mol. The molecule has 2 nitrogen and oxygen atoms in total. The van der Waals surface area contributed by atoms with Gasteiger partial charge in [-0.05, 0) is 144 Å². The fourth-order valence-electron chi connectivity index (χ4n) is 12.2. The van der Waals surface area contributed by atoms with E-state index in [1.165, 1.54) is 94.4 Å². The van der Waals surface area contributed by atoms with Gasteiger partial charge >= 0.3 is 0 Å². The highest BCUT2D eigenvalue weighted by molar-refractivity contribution is 6.12. The van der Waals surface area contributed by atoms with Crippen molar-refractivity contribution in [3.05, 3.63) is 221 Å². The van der Waals surface area contributed by atoms with E-state index in [2.05, 4.69) is 234 Å². The van der Waals surface area contributed by atoms with E-state index in [1.54, 1.807) is 0 Å². The van der Waals surface area contributed by atoms with Gasteiger partial charge in [-0.2, -0.15) is 0 Å². The first-order chi connectivity index (χ1) is 31.5. The maximum absolute atomic E-state index is 6.73. The summed E-state index contributed by atoms with van der Waals surface area (Å²) in [7, 11) is 0. The second kappa shape index (κ2) is 13.3. The summed E-state index contributed by atoms with van der Waals surface area (Å²) in [6.07, 6.45) is 0. The molecule has 1 heterocycles. The van der Waals surface area contributed by atoms with E-state index in [9.17, 15) is 0 Å². The van der Waals surface area contributed by atoms with E-state index >= 15 is 0 Å². The standard InChI is InChI=1S/C63H49NO/c1-61(2)52-21-13-10-18-44(52)47-28-24-39(34-55(47)61)43-29-25-40(35-50(43)38-16-8-7-9-17-38)64(42-26-30-48-45-19-11-14-22-53(45)62(3,4)56(48)37-42)41-27-32-57-51(36-41)59-58(65-57)33-31-49-46-20-12-15-23-54(46)63(5,6)60(49)59/h7-37H,1-6H3. The van der Waals surface area contributed by atoms with Gasteiger partial charge in [0.2, 0.25) is 0 Å². The van der Waals surface area contributed by atoms with Gasteiger partial charge in [-0.3, -0.25) is 0 Å². The van der Waals surface area contributed by atoms with Crippen LogP contribution >= 0.6 is 0 Å². The zero-order chi connectivity index (χ0) is 44.0. The van der Waals surface area contributed by atoms with Gasteiger partial charge < -0.3 is 9.32 Å². The first kappa shape index (κ1) is 38.1. The zero-order valence-corrected chi connectivity index (χ0v) is 37.8. The van der Waals surface area contributed by atoms with E-state index in [1.807, 2.05) is 0 Å². The summed E-state index contributed by atoms with van der Waals surface area (Å²) in [4.78, 5) is 2.47. The fourth-order valence-corrected chi connectivity index (χ4v) is 12.2. The molecule has 0 spiro atoms. The normalized spacial score (nSPS) is 15.3. The molecular formula is C63H49NO. The Morgan fingerprint density at radius 1 is 0.323 bits per heavy atom. The largest absolute Gasteiger partial charge is 0.456 e. The van der Waals surface area contributed by atoms with Crippen LogP contribution < -0.4 is 4.90 Å². The molecule has 9 aromatic carbocycles. The number of fused-ring (bicyclic) bond motifs is 13. The minimum absolute atomic E-state index is 0.0966. The number of benzene rings is 9. The Morgan fingerprint density at radius 3 is 1.48 bits per heavy atom. The Morgan fingerprint density at radius 2 is 0.800 bits per heavy atom. The number of anilines is 3.